The van der Waals surface area contributed by atoms with Crippen LogP contribution in [0.15, 0.2) is 24.3 Å². The molecule has 3 aliphatic rings. The number of carbonyl (C=O) groups excluding carboxylic acids is 3. The molecule has 12 heteroatoms. The van der Waals surface area contributed by atoms with Crippen molar-refractivity contribution in [2.75, 3.05) is 48.3 Å². The van der Waals surface area contributed by atoms with Crippen LogP contribution in [0.5, 0.6) is 28.7 Å². The maximum atomic E-state index is 13.3. The van der Waals surface area contributed by atoms with Crippen LogP contribution in [-0.2, 0) is 23.8 Å². The first-order chi connectivity index (χ1) is 19.9. The first-order valence-corrected chi connectivity index (χ1v) is 13.5. The van der Waals surface area contributed by atoms with Gasteiger partial charge in [-0.2, -0.15) is 0 Å². The Morgan fingerprint density at radius 1 is 0.929 bits per heavy atom. The molecule has 2 aliphatic heterocycles. The third-order valence-electron chi connectivity index (χ3n) is 7.50. The summed E-state index contributed by atoms with van der Waals surface area (Å²) in [6.07, 6.45) is -1.52. The summed E-state index contributed by atoms with van der Waals surface area (Å²) in [6.45, 7) is 4.94. The molecule has 2 aromatic rings. The third kappa shape index (κ3) is 5.33. The van der Waals surface area contributed by atoms with Crippen LogP contribution >= 0.6 is 0 Å². The Morgan fingerprint density at radius 2 is 1.55 bits per heavy atom. The molecule has 0 spiro atoms. The fourth-order valence-electron chi connectivity index (χ4n) is 5.72. The van der Waals surface area contributed by atoms with Gasteiger partial charge >= 0.3 is 18.0 Å². The Kier molecular flexibility index (Phi) is 7.74. The number of hydrogen-bond donors (Lipinski definition) is 0. The van der Waals surface area contributed by atoms with E-state index in [0.29, 0.717) is 45.4 Å². The van der Waals surface area contributed by atoms with Gasteiger partial charge in [-0.3, -0.25) is 9.59 Å². The van der Waals surface area contributed by atoms with Crippen LogP contribution in [0.3, 0.4) is 0 Å². The number of benzene rings is 2. The normalized spacial score (nSPS) is 21.9. The summed E-state index contributed by atoms with van der Waals surface area (Å²) in [4.78, 5) is 40.1. The fraction of sp³-hybridized carbons (Fsp3) is 0.500. The Balaban J connectivity index is 1.56. The summed E-state index contributed by atoms with van der Waals surface area (Å²) >= 11 is 0. The summed E-state index contributed by atoms with van der Waals surface area (Å²) < 4.78 is 44.9. The van der Waals surface area contributed by atoms with Crippen molar-refractivity contribution in [1.82, 2.24) is 4.90 Å². The lowest BCUT2D eigenvalue weighted by molar-refractivity contribution is -0.155. The van der Waals surface area contributed by atoms with Crippen molar-refractivity contribution in [3.05, 3.63) is 41.0 Å². The predicted octanol–water partition coefficient (Wildman–Crippen LogP) is 3.83. The molecule has 2 heterocycles. The quantitative estimate of drug-likeness (QED) is 0.347. The van der Waals surface area contributed by atoms with Crippen LogP contribution in [0.4, 0.5) is 4.79 Å². The Bertz CT molecular complexity index is 1370. The van der Waals surface area contributed by atoms with Gasteiger partial charge in [-0.1, -0.05) is 0 Å². The number of methoxy groups -OCH3 is 3. The molecule has 2 aromatic carbocycles. The second-order valence-corrected chi connectivity index (χ2v) is 11.3. The van der Waals surface area contributed by atoms with Crippen molar-refractivity contribution in [3.63, 3.8) is 0 Å². The number of amides is 1. The number of hydrogen-bond acceptors (Lipinski definition) is 11. The molecule has 0 unspecified atom stereocenters. The Hall–Kier alpha value is -4.35. The minimum Gasteiger partial charge on any atom is -0.493 e. The number of esters is 2. The second-order valence-electron chi connectivity index (χ2n) is 11.3. The number of cyclic esters (lactones) is 1. The highest BCUT2D eigenvalue weighted by molar-refractivity contribution is 5.81. The minimum absolute atomic E-state index is 0.0348. The van der Waals surface area contributed by atoms with Gasteiger partial charge in [-0.15, -0.1) is 0 Å². The van der Waals surface area contributed by atoms with Gasteiger partial charge in [0, 0.05) is 24.4 Å². The van der Waals surface area contributed by atoms with Crippen molar-refractivity contribution in [2.45, 2.75) is 38.4 Å². The van der Waals surface area contributed by atoms with E-state index in [1.54, 1.807) is 45.0 Å². The summed E-state index contributed by atoms with van der Waals surface area (Å²) in [5.74, 6) is -0.576. The van der Waals surface area contributed by atoms with Crippen LogP contribution in [0, 0.1) is 11.8 Å². The van der Waals surface area contributed by atoms with Crippen LogP contribution in [0.2, 0.25) is 0 Å². The standard InChI is InChI=1S/C30H35NO11/c1-30(2,3)42-29(34)31(4)12-23(32)41-26-17-11-20-19(39-14-40-20)10-16(17)24(25-18(26)13-38-28(25)33)15-8-21(35-5)27(37-7)22(9-15)36-6/h8-11,18,24-26H,12-14H2,1-7H3/t18-,24+,25-,26-/m0/s1. The lowest BCUT2D eigenvalue weighted by Gasteiger charge is -2.38. The molecule has 0 aromatic heterocycles. The maximum Gasteiger partial charge on any atom is 0.410 e. The smallest absolute Gasteiger partial charge is 0.410 e. The molecule has 1 aliphatic carbocycles. The van der Waals surface area contributed by atoms with E-state index in [1.807, 2.05) is 0 Å². The molecule has 1 amide bonds. The molecular weight excluding hydrogens is 550 g/mol. The molecule has 4 atom stereocenters. The van der Waals surface area contributed by atoms with Crippen molar-refractivity contribution in [3.8, 4) is 28.7 Å². The topological polar surface area (TPSA) is 128 Å². The summed E-state index contributed by atoms with van der Waals surface area (Å²) in [6, 6.07) is 7.18. The highest BCUT2D eigenvalue weighted by atomic mass is 16.7. The number of ether oxygens (including phenoxy) is 8. The monoisotopic (exact) mass is 585 g/mol. The van der Waals surface area contributed by atoms with Crippen LogP contribution in [0.25, 0.3) is 0 Å². The molecular formula is C30H35NO11. The van der Waals surface area contributed by atoms with E-state index < -0.39 is 47.5 Å². The number of carbonyl (C=O) groups is 3. The van der Waals surface area contributed by atoms with Gasteiger partial charge in [-0.05, 0) is 56.2 Å². The molecule has 1 fully saturated rings. The van der Waals surface area contributed by atoms with Crippen LogP contribution in [-0.4, -0.2) is 76.9 Å². The molecule has 1 saturated heterocycles. The van der Waals surface area contributed by atoms with E-state index in [0.717, 1.165) is 4.90 Å². The molecule has 0 bridgehead atoms. The zero-order valence-corrected chi connectivity index (χ0v) is 24.7. The van der Waals surface area contributed by atoms with Crippen molar-refractivity contribution >= 4 is 18.0 Å². The molecule has 42 heavy (non-hydrogen) atoms. The lowest BCUT2D eigenvalue weighted by Crippen LogP contribution is -2.40. The van der Waals surface area contributed by atoms with Crippen molar-refractivity contribution in [1.29, 1.82) is 0 Å². The minimum atomic E-state index is -0.858. The predicted molar refractivity (Wildman–Crippen MR) is 146 cm³/mol. The SMILES string of the molecule is COc1cc([C@@H]2c3cc4c(cc3[C@H](OC(=O)CN(C)C(=O)OC(C)(C)C)[C@H]3COC(=O)[C@H]23)OCO4)cc(OC)c1OC. The highest BCUT2D eigenvalue weighted by Crippen LogP contribution is 2.56. The van der Waals surface area contributed by atoms with Crippen molar-refractivity contribution < 1.29 is 52.3 Å². The van der Waals surface area contributed by atoms with Gasteiger partial charge < -0.3 is 42.8 Å². The largest absolute Gasteiger partial charge is 0.493 e. The van der Waals surface area contributed by atoms with Crippen LogP contribution < -0.4 is 23.7 Å². The highest BCUT2D eigenvalue weighted by Gasteiger charge is 2.54. The lowest BCUT2D eigenvalue weighted by atomic mass is 9.66. The average Bonchev–Trinajstić information content (AvgIpc) is 3.56. The zero-order chi connectivity index (χ0) is 30.3. The number of rotatable bonds is 7. The van der Waals surface area contributed by atoms with E-state index in [-0.39, 0.29) is 19.9 Å². The van der Waals surface area contributed by atoms with Gasteiger partial charge in [0.2, 0.25) is 12.5 Å². The van der Waals surface area contributed by atoms with E-state index in [2.05, 4.69) is 0 Å². The summed E-state index contributed by atoms with van der Waals surface area (Å²) in [5, 5.41) is 0. The van der Waals surface area contributed by atoms with Gasteiger partial charge in [0.15, 0.2) is 23.0 Å². The Morgan fingerprint density at radius 3 is 2.12 bits per heavy atom. The van der Waals surface area contributed by atoms with E-state index >= 15 is 0 Å². The molecule has 0 radical (unpaired) electrons. The Labute approximate surface area is 243 Å². The number of nitrogens with zero attached hydrogens (tertiary/aromatic N) is 1. The van der Waals surface area contributed by atoms with Gasteiger partial charge in [-0.25, -0.2) is 4.79 Å². The molecule has 226 valence electrons. The van der Waals surface area contributed by atoms with Gasteiger partial charge in [0.1, 0.15) is 18.2 Å². The van der Waals surface area contributed by atoms with Crippen molar-refractivity contribution in [2.24, 2.45) is 11.8 Å². The summed E-state index contributed by atoms with van der Waals surface area (Å²) in [7, 11) is 6.00. The first-order valence-electron chi connectivity index (χ1n) is 13.5. The molecule has 5 rings (SSSR count). The first kappa shape index (κ1) is 29.2. The number of likely N-dealkylation sites (N-methyl/N-ethyl adjacent to an activating group) is 1. The van der Waals surface area contributed by atoms with Gasteiger partial charge in [0.05, 0.1) is 33.9 Å². The van der Waals surface area contributed by atoms with E-state index in [1.165, 1.54) is 28.4 Å². The fourth-order valence-corrected chi connectivity index (χ4v) is 5.72. The van der Waals surface area contributed by atoms with E-state index in [9.17, 15) is 14.4 Å². The van der Waals surface area contributed by atoms with Gasteiger partial charge in [0.25, 0.3) is 0 Å². The second kappa shape index (κ2) is 11.1. The number of fused-ring (bicyclic) bond motifs is 3. The zero-order valence-electron chi connectivity index (χ0n) is 24.7. The van der Waals surface area contributed by atoms with E-state index in [4.69, 9.17) is 37.9 Å². The summed E-state index contributed by atoms with van der Waals surface area (Å²) in [5.41, 5.74) is 1.34. The molecule has 0 N–H and O–H groups in total. The maximum absolute atomic E-state index is 13.3. The molecule has 12 nitrogen and oxygen atoms in total. The molecule has 0 saturated carbocycles. The third-order valence-corrected chi connectivity index (χ3v) is 7.50. The average molecular weight is 586 g/mol. The van der Waals surface area contributed by atoms with Crippen LogP contribution in [0.1, 0.15) is 49.5 Å².